The number of carbonyl (C=O) groups excluding carboxylic acids is 2. The summed E-state index contributed by atoms with van der Waals surface area (Å²) in [5, 5.41) is 2.62. The lowest BCUT2D eigenvalue weighted by atomic mass is 10.1. The molecule has 1 heterocycles. The molecule has 0 saturated heterocycles. The smallest absolute Gasteiger partial charge is 0.338 e. The van der Waals surface area contributed by atoms with Gasteiger partial charge >= 0.3 is 11.9 Å². The predicted octanol–water partition coefficient (Wildman–Crippen LogP) is 2.47. The van der Waals surface area contributed by atoms with Crippen LogP contribution < -0.4 is 0 Å². The molecule has 84 valence electrons. The van der Waals surface area contributed by atoms with Gasteiger partial charge in [-0.1, -0.05) is 48.5 Å². The number of hydrogen-bond acceptors (Lipinski definition) is 3. The van der Waals surface area contributed by atoms with Gasteiger partial charge in [0.15, 0.2) is 0 Å². The van der Waals surface area contributed by atoms with Crippen LogP contribution in [0.1, 0.15) is 0 Å². The van der Waals surface area contributed by atoms with Crippen molar-refractivity contribution < 1.29 is 14.3 Å². The van der Waals surface area contributed by atoms with E-state index in [1.54, 1.807) is 0 Å². The molecular formula is C14H10O3. The molecule has 0 unspecified atom stereocenters. The van der Waals surface area contributed by atoms with Crippen molar-refractivity contribution in [2.24, 2.45) is 0 Å². The Morgan fingerprint density at radius 1 is 0.647 bits per heavy atom. The summed E-state index contributed by atoms with van der Waals surface area (Å²) in [5.41, 5.74) is 0. The normalized spacial score (nSPS) is 13.2. The summed E-state index contributed by atoms with van der Waals surface area (Å²) in [7, 11) is 0. The zero-order valence-electron chi connectivity index (χ0n) is 9.00. The molecule has 17 heavy (non-hydrogen) atoms. The minimum atomic E-state index is -0.579. The standard InChI is InChI=1S/C10H8.C4H2O3/c1-2-6-10-8-4-3-7-9(10)5-1;5-3-1-2-4(6)7-3/h1-8H;1-2H. The van der Waals surface area contributed by atoms with Crippen LogP contribution in [0.25, 0.3) is 10.8 Å². The van der Waals surface area contributed by atoms with Crippen molar-refractivity contribution in [3.63, 3.8) is 0 Å². The highest BCUT2D eigenvalue weighted by Gasteiger charge is 2.10. The van der Waals surface area contributed by atoms with E-state index in [0.717, 1.165) is 12.2 Å². The number of ether oxygens (including phenoxy) is 1. The van der Waals surface area contributed by atoms with Crippen LogP contribution in [-0.2, 0) is 14.3 Å². The molecule has 3 nitrogen and oxygen atoms in total. The maximum absolute atomic E-state index is 9.92. The van der Waals surface area contributed by atoms with Crippen molar-refractivity contribution in [1.29, 1.82) is 0 Å². The summed E-state index contributed by atoms with van der Waals surface area (Å²) in [6.07, 6.45) is 2.17. The number of cyclic esters (lactones) is 2. The topological polar surface area (TPSA) is 43.4 Å². The maximum Gasteiger partial charge on any atom is 0.338 e. The lowest BCUT2D eigenvalue weighted by Gasteiger charge is -1.92. The monoisotopic (exact) mass is 226 g/mol. The second kappa shape index (κ2) is 5.07. The van der Waals surface area contributed by atoms with Crippen LogP contribution in [0.4, 0.5) is 0 Å². The van der Waals surface area contributed by atoms with Crippen LogP contribution in [0.2, 0.25) is 0 Å². The van der Waals surface area contributed by atoms with E-state index in [-0.39, 0.29) is 0 Å². The third-order valence-electron chi connectivity index (χ3n) is 2.22. The molecule has 2 aromatic rings. The van der Waals surface area contributed by atoms with E-state index >= 15 is 0 Å². The fourth-order valence-corrected chi connectivity index (χ4v) is 1.44. The van der Waals surface area contributed by atoms with Gasteiger partial charge in [-0.25, -0.2) is 9.59 Å². The Morgan fingerprint density at radius 2 is 1.00 bits per heavy atom. The molecule has 0 saturated carbocycles. The molecule has 0 bridgehead atoms. The van der Waals surface area contributed by atoms with Gasteiger partial charge in [-0.05, 0) is 10.8 Å². The van der Waals surface area contributed by atoms with Crippen LogP contribution in [0.15, 0.2) is 60.7 Å². The largest absolute Gasteiger partial charge is 0.387 e. The summed E-state index contributed by atoms with van der Waals surface area (Å²) < 4.78 is 3.97. The summed E-state index contributed by atoms with van der Waals surface area (Å²) in [5.74, 6) is -1.16. The van der Waals surface area contributed by atoms with Crippen LogP contribution in [0.3, 0.4) is 0 Å². The minimum Gasteiger partial charge on any atom is -0.387 e. The third kappa shape index (κ3) is 3.01. The number of benzene rings is 2. The van der Waals surface area contributed by atoms with Crippen molar-refractivity contribution in [3.05, 3.63) is 60.7 Å². The predicted molar refractivity (Wildman–Crippen MR) is 64.2 cm³/mol. The van der Waals surface area contributed by atoms with Crippen LogP contribution in [-0.4, -0.2) is 11.9 Å². The van der Waals surface area contributed by atoms with Gasteiger partial charge in [-0.15, -0.1) is 0 Å². The molecule has 0 N–H and O–H groups in total. The Labute approximate surface area is 98.3 Å². The Hall–Kier alpha value is -2.42. The van der Waals surface area contributed by atoms with Crippen molar-refractivity contribution in [3.8, 4) is 0 Å². The first-order valence-electron chi connectivity index (χ1n) is 5.13. The molecule has 0 fully saturated rings. The van der Waals surface area contributed by atoms with E-state index in [1.165, 1.54) is 10.8 Å². The molecule has 0 spiro atoms. The van der Waals surface area contributed by atoms with Gasteiger partial charge in [0, 0.05) is 12.2 Å². The van der Waals surface area contributed by atoms with E-state index in [2.05, 4.69) is 53.3 Å². The second-order valence-corrected chi connectivity index (χ2v) is 3.42. The first-order chi connectivity index (χ1) is 8.25. The SMILES string of the molecule is O=C1C=CC(=O)O1.c1ccc2ccccc2c1. The van der Waals surface area contributed by atoms with Crippen molar-refractivity contribution in [2.45, 2.75) is 0 Å². The molecule has 3 heteroatoms. The lowest BCUT2D eigenvalue weighted by Crippen LogP contribution is -1.96. The van der Waals surface area contributed by atoms with Gasteiger partial charge in [-0.2, -0.15) is 0 Å². The van der Waals surface area contributed by atoms with Gasteiger partial charge < -0.3 is 4.74 Å². The molecule has 0 radical (unpaired) electrons. The number of esters is 2. The fourth-order valence-electron chi connectivity index (χ4n) is 1.44. The summed E-state index contributed by atoms with van der Waals surface area (Å²) in [6, 6.07) is 16.7. The van der Waals surface area contributed by atoms with Crippen LogP contribution in [0.5, 0.6) is 0 Å². The number of hydrogen-bond donors (Lipinski definition) is 0. The van der Waals surface area contributed by atoms with Crippen molar-refractivity contribution >= 4 is 22.7 Å². The maximum atomic E-state index is 9.92. The molecule has 2 aromatic carbocycles. The molecule has 0 amide bonds. The summed E-state index contributed by atoms with van der Waals surface area (Å²) in [6.45, 7) is 0. The van der Waals surface area contributed by atoms with E-state index in [9.17, 15) is 9.59 Å². The molecular weight excluding hydrogens is 216 g/mol. The van der Waals surface area contributed by atoms with Crippen LogP contribution >= 0.6 is 0 Å². The number of fused-ring (bicyclic) bond motifs is 1. The average molecular weight is 226 g/mol. The van der Waals surface area contributed by atoms with Crippen LogP contribution in [0, 0.1) is 0 Å². The fraction of sp³-hybridized carbons (Fsp3) is 0. The quantitative estimate of drug-likeness (QED) is 0.512. The molecule has 0 atom stereocenters. The van der Waals surface area contributed by atoms with Gasteiger partial charge in [-0.3, -0.25) is 0 Å². The lowest BCUT2D eigenvalue weighted by molar-refractivity contribution is -0.150. The van der Waals surface area contributed by atoms with Gasteiger partial charge in [0.1, 0.15) is 0 Å². The third-order valence-corrected chi connectivity index (χ3v) is 2.22. The number of rotatable bonds is 0. The molecule has 0 aliphatic carbocycles. The second-order valence-electron chi connectivity index (χ2n) is 3.42. The number of carbonyl (C=O) groups is 2. The average Bonchev–Trinajstić information content (AvgIpc) is 2.74. The van der Waals surface area contributed by atoms with Crippen molar-refractivity contribution in [1.82, 2.24) is 0 Å². The Bertz CT molecular complexity index is 503. The zero-order chi connectivity index (χ0) is 12.1. The highest BCUT2D eigenvalue weighted by Crippen LogP contribution is 2.11. The summed E-state index contributed by atoms with van der Waals surface area (Å²) >= 11 is 0. The van der Waals surface area contributed by atoms with E-state index < -0.39 is 11.9 Å². The van der Waals surface area contributed by atoms with E-state index in [0.29, 0.717) is 0 Å². The molecule has 1 aliphatic heterocycles. The Morgan fingerprint density at radius 3 is 1.24 bits per heavy atom. The molecule has 0 aromatic heterocycles. The van der Waals surface area contributed by atoms with E-state index in [4.69, 9.17) is 0 Å². The molecule has 1 aliphatic rings. The van der Waals surface area contributed by atoms with Gasteiger partial charge in [0.05, 0.1) is 0 Å². The van der Waals surface area contributed by atoms with Gasteiger partial charge in [0.2, 0.25) is 0 Å². The van der Waals surface area contributed by atoms with Crippen molar-refractivity contribution in [2.75, 3.05) is 0 Å². The first kappa shape index (κ1) is 11.1. The first-order valence-corrected chi connectivity index (χ1v) is 5.13. The zero-order valence-corrected chi connectivity index (χ0v) is 9.00. The Balaban J connectivity index is 0.000000136. The highest BCUT2D eigenvalue weighted by molar-refractivity contribution is 6.04. The van der Waals surface area contributed by atoms with Gasteiger partial charge in [0.25, 0.3) is 0 Å². The Kier molecular flexibility index (Phi) is 3.31. The summed E-state index contributed by atoms with van der Waals surface area (Å²) in [4.78, 5) is 19.8. The molecule has 3 rings (SSSR count). The minimum absolute atomic E-state index is 0.579. The highest BCUT2D eigenvalue weighted by atomic mass is 16.6. The van der Waals surface area contributed by atoms with E-state index in [1.807, 2.05) is 0 Å².